The number of aromatic nitrogens is 2. The van der Waals surface area contributed by atoms with E-state index in [-0.39, 0.29) is 24.3 Å². The molecule has 0 bridgehead atoms. The molecule has 2 aromatic carbocycles. The van der Waals surface area contributed by atoms with Gasteiger partial charge in [-0.25, -0.2) is 9.78 Å². The topological polar surface area (TPSA) is 112 Å². The SMILES string of the molecule is CCCCCc1ccc(C(=O)Nc2cnc(-c3ccc4c(c3)C(=O)N([C@H](C(=O)O)C(C)C)C4)cn2)cc1. The number of hydrogen-bond acceptors (Lipinski definition) is 5. The van der Waals surface area contributed by atoms with Gasteiger partial charge in [-0.05, 0) is 48.1 Å². The smallest absolute Gasteiger partial charge is 0.326 e. The zero-order valence-corrected chi connectivity index (χ0v) is 21.4. The minimum atomic E-state index is -1.01. The Hall–Kier alpha value is -4.07. The fourth-order valence-corrected chi connectivity index (χ4v) is 4.62. The number of aliphatic carboxylic acids is 1. The summed E-state index contributed by atoms with van der Waals surface area (Å²) in [5, 5.41) is 12.4. The molecule has 0 spiro atoms. The van der Waals surface area contributed by atoms with Crippen molar-refractivity contribution in [3.8, 4) is 11.3 Å². The van der Waals surface area contributed by atoms with Crippen molar-refractivity contribution >= 4 is 23.6 Å². The van der Waals surface area contributed by atoms with Crippen LogP contribution in [0.1, 0.15) is 71.9 Å². The molecule has 8 nitrogen and oxygen atoms in total. The van der Waals surface area contributed by atoms with Crippen LogP contribution in [-0.2, 0) is 17.8 Å². The number of benzene rings is 2. The van der Waals surface area contributed by atoms with Crippen LogP contribution < -0.4 is 5.32 Å². The predicted molar refractivity (Wildman–Crippen MR) is 141 cm³/mol. The van der Waals surface area contributed by atoms with Gasteiger partial charge in [0.1, 0.15) is 6.04 Å². The van der Waals surface area contributed by atoms with Crippen LogP contribution >= 0.6 is 0 Å². The van der Waals surface area contributed by atoms with Crippen LogP contribution in [-0.4, -0.2) is 43.8 Å². The second-order valence-corrected chi connectivity index (χ2v) is 9.73. The van der Waals surface area contributed by atoms with Gasteiger partial charge >= 0.3 is 5.97 Å². The normalized spacial score (nSPS) is 13.5. The number of rotatable bonds is 10. The molecule has 1 aliphatic rings. The van der Waals surface area contributed by atoms with Gasteiger partial charge < -0.3 is 15.3 Å². The van der Waals surface area contributed by atoms with Crippen LogP contribution in [0, 0.1) is 5.92 Å². The monoisotopic (exact) mass is 500 g/mol. The molecule has 4 rings (SSSR count). The Balaban J connectivity index is 1.43. The number of aryl methyl sites for hydroxylation is 1. The summed E-state index contributed by atoms with van der Waals surface area (Å²) in [5.74, 6) is -1.46. The zero-order valence-electron chi connectivity index (χ0n) is 21.4. The maximum atomic E-state index is 13.0. The standard InChI is InChI=1S/C29H32N4O4/c1-4-5-6-7-19-8-10-20(11-9-19)27(34)32-25-16-30-24(15-31-25)21-12-13-22-17-33(28(35)23(22)14-21)26(18(2)3)29(36)37/h8-16,18,26H,4-7,17H2,1-3H3,(H,36,37)(H,31,32,34)/t26-/m0/s1. The van der Waals surface area contributed by atoms with Crippen molar-refractivity contribution in [1.29, 1.82) is 0 Å². The van der Waals surface area contributed by atoms with E-state index in [9.17, 15) is 19.5 Å². The quantitative estimate of drug-likeness (QED) is 0.370. The van der Waals surface area contributed by atoms with E-state index in [1.807, 2.05) is 36.4 Å². The molecule has 8 heteroatoms. The third-order valence-electron chi connectivity index (χ3n) is 6.64. The van der Waals surface area contributed by atoms with Gasteiger partial charge in [-0.1, -0.05) is 57.9 Å². The molecule has 2 heterocycles. The van der Waals surface area contributed by atoms with Gasteiger partial charge in [0.05, 0.1) is 18.1 Å². The molecular weight excluding hydrogens is 468 g/mol. The van der Waals surface area contributed by atoms with Crippen molar-refractivity contribution in [3.63, 3.8) is 0 Å². The number of anilines is 1. The fourth-order valence-electron chi connectivity index (χ4n) is 4.62. The van der Waals surface area contributed by atoms with E-state index in [0.717, 1.165) is 18.4 Å². The number of amides is 2. The number of nitrogens with one attached hydrogen (secondary N) is 1. The number of hydrogen-bond donors (Lipinski definition) is 2. The van der Waals surface area contributed by atoms with E-state index in [4.69, 9.17) is 0 Å². The third-order valence-corrected chi connectivity index (χ3v) is 6.64. The number of carbonyl (C=O) groups is 3. The Morgan fingerprint density at radius 3 is 2.43 bits per heavy atom. The molecule has 0 fully saturated rings. The summed E-state index contributed by atoms with van der Waals surface area (Å²) in [7, 11) is 0. The van der Waals surface area contributed by atoms with Crippen LogP contribution in [0.15, 0.2) is 54.9 Å². The molecule has 0 saturated heterocycles. The average Bonchev–Trinajstić information content (AvgIpc) is 3.19. The number of nitrogens with zero attached hydrogens (tertiary/aromatic N) is 3. The molecule has 1 aliphatic heterocycles. The van der Waals surface area contributed by atoms with E-state index in [1.165, 1.54) is 29.5 Å². The Labute approximate surface area is 216 Å². The van der Waals surface area contributed by atoms with Gasteiger partial charge in [0.2, 0.25) is 0 Å². The number of unbranched alkanes of at least 4 members (excludes halogenated alkanes) is 2. The molecule has 0 aliphatic carbocycles. The number of carboxylic acid groups (broad SMARTS) is 1. The number of carbonyl (C=O) groups excluding carboxylic acids is 2. The second kappa shape index (κ2) is 11.3. The maximum absolute atomic E-state index is 13.0. The Morgan fingerprint density at radius 2 is 1.81 bits per heavy atom. The van der Waals surface area contributed by atoms with Crippen LogP contribution in [0.4, 0.5) is 5.82 Å². The summed E-state index contributed by atoms with van der Waals surface area (Å²) < 4.78 is 0. The van der Waals surface area contributed by atoms with Gasteiger partial charge in [-0.2, -0.15) is 0 Å². The number of fused-ring (bicyclic) bond motifs is 1. The highest BCUT2D eigenvalue weighted by Gasteiger charge is 2.38. The summed E-state index contributed by atoms with van der Waals surface area (Å²) in [4.78, 5) is 47.5. The van der Waals surface area contributed by atoms with Crippen molar-refractivity contribution in [2.45, 2.75) is 59.0 Å². The summed E-state index contributed by atoms with van der Waals surface area (Å²) >= 11 is 0. The molecule has 2 amide bonds. The molecule has 3 aromatic rings. The molecule has 192 valence electrons. The van der Waals surface area contributed by atoms with Gasteiger partial charge in [-0.3, -0.25) is 14.6 Å². The minimum Gasteiger partial charge on any atom is -0.480 e. The van der Waals surface area contributed by atoms with Crippen LogP contribution in [0.3, 0.4) is 0 Å². The Bertz CT molecular complexity index is 1290. The number of carboxylic acids is 1. The van der Waals surface area contributed by atoms with E-state index in [1.54, 1.807) is 26.1 Å². The van der Waals surface area contributed by atoms with Crippen molar-refractivity contribution in [2.24, 2.45) is 5.92 Å². The highest BCUT2D eigenvalue weighted by atomic mass is 16.4. The Morgan fingerprint density at radius 1 is 1.05 bits per heavy atom. The first-order valence-electron chi connectivity index (χ1n) is 12.7. The van der Waals surface area contributed by atoms with E-state index in [2.05, 4.69) is 22.2 Å². The van der Waals surface area contributed by atoms with Crippen LogP contribution in [0.5, 0.6) is 0 Å². The molecule has 0 radical (unpaired) electrons. The summed E-state index contributed by atoms with van der Waals surface area (Å²) in [5.41, 5.74) is 4.26. The van der Waals surface area contributed by atoms with Gasteiger partial charge in [0, 0.05) is 23.2 Å². The first-order chi connectivity index (χ1) is 17.8. The predicted octanol–water partition coefficient (Wildman–Crippen LogP) is 5.19. The molecule has 0 saturated carbocycles. The van der Waals surface area contributed by atoms with Gasteiger partial charge in [-0.15, -0.1) is 0 Å². The largest absolute Gasteiger partial charge is 0.480 e. The van der Waals surface area contributed by atoms with Crippen molar-refractivity contribution in [3.05, 3.63) is 77.1 Å². The lowest BCUT2D eigenvalue weighted by atomic mass is 10.0. The second-order valence-electron chi connectivity index (χ2n) is 9.73. The highest BCUT2D eigenvalue weighted by Crippen LogP contribution is 2.30. The van der Waals surface area contributed by atoms with E-state index < -0.39 is 12.0 Å². The van der Waals surface area contributed by atoms with E-state index >= 15 is 0 Å². The first kappa shape index (κ1) is 26.0. The summed E-state index contributed by atoms with van der Waals surface area (Å²) in [6.07, 6.45) is 7.54. The third kappa shape index (κ3) is 5.85. The summed E-state index contributed by atoms with van der Waals surface area (Å²) in [6, 6.07) is 12.1. The van der Waals surface area contributed by atoms with Gasteiger partial charge in [0.15, 0.2) is 5.82 Å². The zero-order chi connectivity index (χ0) is 26.5. The van der Waals surface area contributed by atoms with Crippen molar-refractivity contribution < 1.29 is 19.5 Å². The summed E-state index contributed by atoms with van der Waals surface area (Å²) in [6.45, 7) is 6.02. The molecular formula is C29H32N4O4. The lowest BCUT2D eigenvalue weighted by Gasteiger charge is -2.27. The lowest BCUT2D eigenvalue weighted by molar-refractivity contribution is -0.144. The Kier molecular flexibility index (Phi) is 7.96. The van der Waals surface area contributed by atoms with Crippen molar-refractivity contribution in [1.82, 2.24) is 14.9 Å². The van der Waals surface area contributed by atoms with Crippen molar-refractivity contribution in [2.75, 3.05) is 5.32 Å². The molecule has 37 heavy (non-hydrogen) atoms. The molecule has 0 unspecified atom stereocenters. The lowest BCUT2D eigenvalue weighted by Crippen LogP contribution is -2.44. The minimum absolute atomic E-state index is 0.215. The van der Waals surface area contributed by atoms with Gasteiger partial charge in [0.25, 0.3) is 11.8 Å². The molecule has 1 atom stereocenters. The van der Waals surface area contributed by atoms with Crippen LogP contribution in [0.25, 0.3) is 11.3 Å². The van der Waals surface area contributed by atoms with E-state index in [0.29, 0.717) is 28.2 Å². The highest BCUT2D eigenvalue weighted by molar-refractivity contribution is 6.04. The van der Waals surface area contributed by atoms with Crippen LogP contribution in [0.2, 0.25) is 0 Å². The molecule has 2 N–H and O–H groups in total. The first-order valence-corrected chi connectivity index (χ1v) is 12.7. The fraction of sp³-hybridized carbons (Fsp3) is 0.345. The molecule has 1 aromatic heterocycles. The average molecular weight is 501 g/mol. The maximum Gasteiger partial charge on any atom is 0.326 e.